The number of carbonyl (C=O) groups is 3. The minimum Gasteiger partial charge on any atom is -0.367 e. The molecule has 30 heavy (non-hydrogen) atoms. The van der Waals surface area contributed by atoms with Gasteiger partial charge in [-0.15, -0.1) is 0 Å². The molecule has 1 saturated heterocycles. The van der Waals surface area contributed by atoms with Crippen LogP contribution in [0.2, 0.25) is 0 Å². The van der Waals surface area contributed by atoms with Gasteiger partial charge < -0.3 is 9.80 Å². The topological polar surface area (TPSA) is 78.8 Å². The van der Waals surface area contributed by atoms with E-state index in [9.17, 15) is 14.4 Å². The number of nitrogens with zero attached hydrogens (tertiary/aromatic N) is 5. The van der Waals surface area contributed by atoms with Gasteiger partial charge in [0.05, 0.1) is 29.1 Å². The van der Waals surface area contributed by atoms with Crippen LogP contribution in [0.1, 0.15) is 45.8 Å². The number of aryl methyl sites for hydroxylation is 2. The molecule has 0 saturated carbocycles. The molecule has 0 aliphatic carbocycles. The van der Waals surface area contributed by atoms with Crippen molar-refractivity contribution in [3.63, 3.8) is 0 Å². The van der Waals surface area contributed by atoms with Crippen molar-refractivity contribution in [1.29, 1.82) is 0 Å². The normalized spacial score (nSPS) is 16.6. The van der Waals surface area contributed by atoms with Crippen molar-refractivity contribution in [1.82, 2.24) is 19.6 Å². The van der Waals surface area contributed by atoms with E-state index >= 15 is 0 Å². The van der Waals surface area contributed by atoms with E-state index in [-0.39, 0.29) is 30.2 Å². The number of benzene rings is 1. The van der Waals surface area contributed by atoms with Crippen LogP contribution in [0.3, 0.4) is 0 Å². The minimum atomic E-state index is -0.270. The van der Waals surface area contributed by atoms with E-state index in [2.05, 4.69) is 10.00 Å². The number of amides is 3. The molecule has 0 atom stereocenters. The van der Waals surface area contributed by atoms with E-state index in [1.165, 1.54) is 4.90 Å². The molecular formula is C22H27N5O3. The van der Waals surface area contributed by atoms with Gasteiger partial charge in [-0.1, -0.05) is 19.9 Å². The highest BCUT2D eigenvalue weighted by Crippen LogP contribution is 2.33. The van der Waals surface area contributed by atoms with E-state index in [4.69, 9.17) is 0 Å². The maximum absolute atomic E-state index is 13.2. The number of hydrogen-bond acceptors (Lipinski definition) is 5. The molecule has 0 bridgehead atoms. The Balaban J connectivity index is 1.57. The lowest BCUT2D eigenvalue weighted by atomic mass is 10.1. The molecule has 0 unspecified atom stereocenters. The Bertz CT molecular complexity index is 1020. The third kappa shape index (κ3) is 3.36. The average molecular weight is 409 g/mol. The third-order valence-corrected chi connectivity index (χ3v) is 5.85. The zero-order valence-corrected chi connectivity index (χ0v) is 17.9. The molecule has 8 nitrogen and oxygen atoms in total. The van der Waals surface area contributed by atoms with Gasteiger partial charge in [0.2, 0.25) is 5.91 Å². The Labute approximate surface area is 176 Å². The highest BCUT2D eigenvalue weighted by Gasteiger charge is 2.39. The summed E-state index contributed by atoms with van der Waals surface area (Å²) in [5, 5.41) is 4.30. The quantitative estimate of drug-likeness (QED) is 0.720. The second kappa shape index (κ2) is 7.59. The lowest BCUT2D eigenvalue weighted by Gasteiger charge is -2.37. The lowest BCUT2D eigenvalue weighted by molar-refractivity contribution is -0.134. The summed E-state index contributed by atoms with van der Waals surface area (Å²) in [6, 6.07) is 5.43. The van der Waals surface area contributed by atoms with Crippen LogP contribution in [-0.4, -0.2) is 63.5 Å². The molecule has 158 valence electrons. The summed E-state index contributed by atoms with van der Waals surface area (Å²) in [6.45, 7) is 8.39. The summed E-state index contributed by atoms with van der Waals surface area (Å²) in [6.07, 6.45) is 1.84. The molecule has 2 aromatic rings. The molecule has 3 heterocycles. The van der Waals surface area contributed by atoms with Crippen molar-refractivity contribution in [2.24, 2.45) is 13.0 Å². The first-order valence-electron chi connectivity index (χ1n) is 10.3. The molecule has 1 aromatic heterocycles. The molecule has 2 aliphatic heterocycles. The number of aromatic nitrogens is 2. The lowest BCUT2D eigenvalue weighted by Crippen LogP contribution is -2.50. The summed E-state index contributed by atoms with van der Waals surface area (Å²) in [4.78, 5) is 43.8. The van der Waals surface area contributed by atoms with E-state index < -0.39 is 0 Å². The number of piperazine rings is 1. The molecule has 8 heteroatoms. The van der Waals surface area contributed by atoms with Crippen LogP contribution in [0.15, 0.2) is 24.4 Å². The van der Waals surface area contributed by atoms with Crippen LogP contribution in [0.25, 0.3) is 0 Å². The molecule has 1 aromatic carbocycles. The van der Waals surface area contributed by atoms with Crippen molar-refractivity contribution < 1.29 is 14.4 Å². The molecule has 3 amide bonds. The van der Waals surface area contributed by atoms with Crippen molar-refractivity contribution >= 4 is 23.4 Å². The van der Waals surface area contributed by atoms with Gasteiger partial charge in [-0.2, -0.15) is 5.10 Å². The molecule has 0 spiro atoms. The van der Waals surface area contributed by atoms with E-state index in [0.29, 0.717) is 37.3 Å². The predicted octanol–water partition coefficient (Wildman–Crippen LogP) is 1.83. The van der Waals surface area contributed by atoms with Crippen LogP contribution < -0.4 is 4.90 Å². The van der Waals surface area contributed by atoms with Gasteiger partial charge in [0.1, 0.15) is 0 Å². The Morgan fingerprint density at radius 1 is 1.10 bits per heavy atom. The van der Waals surface area contributed by atoms with Gasteiger partial charge in [0.25, 0.3) is 11.8 Å². The summed E-state index contributed by atoms with van der Waals surface area (Å²) < 4.78 is 1.69. The van der Waals surface area contributed by atoms with Crippen LogP contribution in [0, 0.1) is 12.8 Å². The van der Waals surface area contributed by atoms with Crippen LogP contribution >= 0.6 is 0 Å². The number of carbonyl (C=O) groups excluding carboxylic acids is 3. The number of hydrogen-bond donors (Lipinski definition) is 0. The van der Waals surface area contributed by atoms with Gasteiger partial charge in [-0.05, 0) is 19.1 Å². The number of rotatable bonds is 4. The van der Waals surface area contributed by atoms with Gasteiger partial charge in [-0.25, -0.2) is 0 Å². The molecule has 1 fully saturated rings. The van der Waals surface area contributed by atoms with Crippen molar-refractivity contribution in [3.05, 3.63) is 46.8 Å². The van der Waals surface area contributed by atoms with E-state index in [1.807, 2.05) is 51.0 Å². The van der Waals surface area contributed by atoms with Gasteiger partial charge >= 0.3 is 0 Å². The number of fused-ring (bicyclic) bond motifs is 1. The standard InChI is InChI=1S/C22H27N5O3/c1-14(2)20(28)26-10-8-25(9-11-26)18-7-5-6-17-19(18)22(30)27(21(17)29)13-16-12-24(4)23-15(16)3/h5-7,12,14H,8-11,13H2,1-4H3. The zero-order chi connectivity index (χ0) is 21.6. The summed E-state index contributed by atoms with van der Waals surface area (Å²) in [5.74, 6) is -0.415. The van der Waals surface area contributed by atoms with Crippen LogP contribution in [-0.2, 0) is 18.4 Å². The first kappa shape index (κ1) is 20.1. The smallest absolute Gasteiger partial charge is 0.263 e. The van der Waals surface area contributed by atoms with Crippen LogP contribution in [0.5, 0.6) is 0 Å². The Morgan fingerprint density at radius 2 is 1.80 bits per heavy atom. The number of imide groups is 1. The second-order valence-electron chi connectivity index (χ2n) is 8.28. The van der Waals surface area contributed by atoms with Gasteiger partial charge in [0.15, 0.2) is 0 Å². The summed E-state index contributed by atoms with van der Waals surface area (Å²) >= 11 is 0. The predicted molar refractivity (Wildman–Crippen MR) is 112 cm³/mol. The second-order valence-corrected chi connectivity index (χ2v) is 8.28. The summed E-state index contributed by atoms with van der Waals surface area (Å²) in [5.41, 5.74) is 3.34. The van der Waals surface area contributed by atoms with Crippen LogP contribution in [0.4, 0.5) is 5.69 Å². The molecule has 0 radical (unpaired) electrons. The van der Waals surface area contributed by atoms with E-state index in [0.717, 1.165) is 16.9 Å². The Morgan fingerprint density at radius 3 is 2.40 bits per heavy atom. The SMILES string of the molecule is Cc1nn(C)cc1CN1C(=O)c2cccc(N3CCN(C(=O)C(C)C)CC3)c2C1=O. The average Bonchev–Trinajstić information content (AvgIpc) is 3.18. The first-order chi connectivity index (χ1) is 14.3. The highest BCUT2D eigenvalue weighted by atomic mass is 16.2. The monoisotopic (exact) mass is 409 g/mol. The van der Waals surface area contributed by atoms with E-state index in [1.54, 1.807) is 10.7 Å². The molecule has 4 rings (SSSR count). The molecular weight excluding hydrogens is 382 g/mol. The fourth-order valence-electron chi connectivity index (χ4n) is 4.23. The third-order valence-electron chi connectivity index (χ3n) is 5.85. The molecule has 2 aliphatic rings. The largest absolute Gasteiger partial charge is 0.367 e. The highest BCUT2D eigenvalue weighted by molar-refractivity contribution is 6.23. The Kier molecular flexibility index (Phi) is 5.09. The fourth-order valence-corrected chi connectivity index (χ4v) is 4.23. The van der Waals surface area contributed by atoms with Crippen molar-refractivity contribution in [2.75, 3.05) is 31.1 Å². The molecule has 0 N–H and O–H groups in total. The Hall–Kier alpha value is -3.16. The minimum absolute atomic E-state index is 0.0267. The van der Waals surface area contributed by atoms with Gasteiger partial charge in [0, 0.05) is 50.9 Å². The fraction of sp³-hybridized carbons (Fsp3) is 0.455. The summed E-state index contributed by atoms with van der Waals surface area (Å²) in [7, 11) is 1.82. The van der Waals surface area contributed by atoms with Crippen molar-refractivity contribution in [2.45, 2.75) is 27.3 Å². The number of anilines is 1. The zero-order valence-electron chi connectivity index (χ0n) is 17.9. The van der Waals surface area contributed by atoms with Gasteiger partial charge in [-0.3, -0.25) is 24.0 Å². The maximum Gasteiger partial charge on any atom is 0.263 e. The first-order valence-corrected chi connectivity index (χ1v) is 10.3. The maximum atomic E-state index is 13.2. The van der Waals surface area contributed by atoms with Crippen molar-refractivity contribution in [3.8, 4) is 0 Å².